The van der Waals surface area contributed by atoms with Crippen molar-refractivity contribution in [1.82, 2.24) is 4.90 Å². The van der Waals surface area contributed by atoms with Gasteiger partial charge in [0.25, 0.3) is 5.91 Å². The van der Waals surface area contributed by atoms with Crippen LogP contribution < -0.4 is 0 Å². The number of hydrogen-bond acceptors (Lipinski definition) is 1. The molecule has 0 atom stereocenters. The van der Waals surface area contributed by atoms with Crippen molar-refractivity contribution in [3.8, 4) is 0 Å². The van der Waals surface area contributed by atoms with E-state index in [0.29, 0.717) is 23.7 Å². The quantitative estimate of drug-likeness (QED) is 0.723. The number of halogens is 2. The van der Waals surface area contributed by atoms with Gasteiger partial charge in [0.2, 0.25) is 0 Å². The highest BCUT2D eigenvalue weighted by Gasteiger charge is 2.19. The minimum atomic E-state index is -0.161. The molecule has 108 valence electrons. The van der Waals surface area contributed by atoms with E-state index in [9.17, 15) is 4.79 Å². The molecule has 4 heteroatoms. The minimum Gasteiger partial charge on any atom is -0.331 e. The van der Waals surface area contributed by atoms with Crippen LogP contribution in [0.1, 0.15) is 15.9 Å². The van der Waals surface area contributed by atoms with Crippen LogP contribution in [0.2, 0.25) is 10.0 Å². The molecule has 0 bridgehead atoms. The number of benzene rings is 2. The predicted molar refractivity (Wildman–Crippen MR) is 87.8 cm³/mol. The van der Waals surface area contributed by atoms with Gasteiger partial charge in [-0.2, -0.15) is 0 Å². The van der Waals surface area contributed by atoms with E-state index in [1.807, 2.05) is 30.3 Å². The highest BCUT2D eigenvalue weighted by molar-refractivity contribution is 6.43. The van der Waals surface area contributed by atoms with Crippen molar-refractivity contribution >= 4 is 29.1 Å². The predicted octanol–water partition coefficient (Wildman–Crippen LogP) is 4.82. The van der Waals surface area contributed by atoms with Crippen LogP contribution >= 0.6 is 23.2 Å². The number of hydrogen-bond donors (Lipinski definition) is 0. The van der Waals surface area contributed by atoms with E-state index in [1.165, 1.54) is 0 Å². The molecule has 0 aliphatic rings. The molecular weight excluding hydrogens is 305 g/mol. The Balaban J connectivity index is 2.27. The summed E-state index contributed by atoms with van der Waals surface area (Å²) >= 11 is 12.1. The van der Waals surface area contributed by atoms with E-state index in [1.54, 1.807) is 29.2 Å². The van der Waals surface area contributed by atoms with Crippen LogP contribution in [0.3, 0.4) is 0 Å². The summed E-state index contributed by atoms with van der Waals surface area (Å²) in [4.78, 5) is 14.3. The van der Waals surface area contributed by atoms with E-state index in [4.69, 9.17) is 23.2 Å². The average Bonchev–Trinajstić information content (AvgIpc) is 2.50. The second kappa shape index (κ2) is 7.30. The molecule has 2 rings (SSSR count). The summed E-state index contributed by atoms with van der Waals surface area (Å²) < 4.78 is 0. The van der Waals surface area contributed by atoms with Crippen molar-refractivity contribution in [1.29, 1.82) is 0 Å². The van der Waals surface area contributed by atoms with Crippen LogP contribution in [0, 0.1) is 0 Å². The largest absolute Gasteiger partial charge is 0.331 e. The molecule has 1 amide bonds. The molecule has 0 N–H and O–H groups in total. The topological polar surface area (TPSA) is 20.3 Å². The zero-order valence-corrected chi connectivity index (χ0v) is 12.9. The SMILES string of the molecule is C=CCN(Cc1ccccc1)C(=O)c1cccc(Cl)c1Cl. The van der Waals surface area contributed by atoms with Crippen LogP contribution in [-0.2, 0) is 6.54 Å². The van der Waals surface area contributed by atoms with Crippen LogP contribution in [0.5, 0.6) is 0 Å². The zero-order valence-electron chi connectivity index (χ0n) is 11.4. The Kier molecular flexibility index (Phi) is 5.43. The van der Waals surface area contributed by atoms with Gasteiger partial charge in [-0.25, -0.2) is 0 Å². The standard InChI is InChI=1S/C17H15Cl2NO/c1-2-11-20(12-13-7-4-3-5-8-13)17(21)14-9-6-10-15(18)16(14)19/h2-10H,1,11-12H2. The summed E-state index contributed by atoms with van der Waals surface area (Å²) in [6.45, 7) is 4.64. The Bertz CT molecular complexity index is 640. The van der Waals surface area contributed by atoms with E-state index in [0.717, 1.165) is 5.56 Å². The number of amides is 1. The summed E-state index contributed by atoms with van der Waals surface area (Å²) in [5, 5.41) is 0.659. The van der Waals surface area contributed by atoms with Crippen molar-refractivity contribution < 1.29 is 4.79 Å². The summed E-state index contributed by atoms with van der Waals surface area (Å²) in [5.74, 6) is -0.161. The Morgan fingerprint density at radius 3 is 2.48 bits per heavy atom. The maximum atomic E-state index is 12.6. The molecule has 0 radical (unpaired) electrons. The van der Waals surface area contributed by atoms with Gasteiger partial charge in [0, 0.05) is 13.1 Å². The fraction of sp³-hybridized carbons (Fsp3) is 0.118. The molecule has 0 saturated heterocycles. The van der Waals surface area contributed by atoms with Gasteiger partial charge in [-0.3, -0.25) is 4.79 Å². The normalized spacial score (nSPS) is 10.2. The van der Waals surface area contributed by atoms with Gasteiger partial charge in [-0.05, 0) is 17.7 Å². The molecule has 21 heavy (non-hydrogen) atoms. The maximum Gasteiger partial charge on any atom is 0.256 e. The fourth-order valence-electron chi connectivity index (χ4n) is 2.02. The Morgan fingerprint density at radius 2 is 1.81 bits per heavy atom. The molecule has 0 spiro atoms. The first-order valence-corrected chi connectivity index (χ1v) is 7.27. The van der Waals surface area contributed by atoms with Crippen LogP contribution in [0.15, 0.2) is 61.2 Å². The number of rotatable bonds is 5. The molecule has 0 unspecified atom stereocenters. The number of carbonyl (C=O) groups excluding carboxylic acids is 1. The van der Waals surface area contributed by atoms with Crippen molar-refractivity contribution in [2.24, 2.45) is 0 Å². The Morgan fingerprint density at radius 1 is 1.10 bits per heavy atom. The van der Waals surface area contributed by atoms with Crippen molar-refractivity contribution in [2.75, 3.05) is 6.54 Å². The van der Waals surface area contributed by atoms with Crippen LogP contribution in [0.25, 0.3) is 0 Å². The molecule has 0 heterocycles. The first kappa shape index (κ1) is 15.6. The lowest BCUT2D eigenvalue weighted by Crippen LogP contribution is -2.30. The monoisotopic (exact) mass is 319 g/mol. The third kappa shape index (κ3) is 3.87. The third-order valence-electron chi connectivity index (χ3n) is 3.03. The first-order chi connectivity index (χ1) is 10.1. The summed E-state index contributed by atoms with van der Waals surface area (Å²) in [6, 6.07) is 14.8. The van der Waals surface area contributed by atoms with Gasteiger partial charge in [-0.1, -0.05) is 65.7 Å². The second-order valence-electron chi connectivity index (χ2n) is 4.56. The molecule has 0 fully saturated rings. The zero-order chi connectivity index (χ0) is 15.2. The summed E-state index contributed by atoms with van der Waals surface area (Å²) in [7, 11) is 0. The highest BCUT2D eigenvalue weighted by atomic mass is 35.5. The molecule has 0 aliphatic heterocycles. The molecule has 0 aromatic heterocycles. The second-order valence-corrected chi connectivity index (χ2v) is 5.35. The van der Waals surface area contributed by atoms with Gasteiger partial charge < -0.3 is 4.90 Å². The van der Waals surface area contributed by atoms with Gasteiger partial charge in [0.05, 0.1) is 15.6 Å². The smallest absolute Gasteiger partial charge is 0.256 e. The average molecular weight is 320 g/mol. The van der Waals surface area contributed by atoms with E-state index < -0.39 is 0 Å². The molecular formula is C17H15Cl2NO. The van der Waals surface area contributed by atoms with Crippen LogP contribution in [-0.4, -0.2) is 17.4 Å². The number of nitrogens with zero attached hydrogens (tertiary/aromatic N) is 1. The minimum absolute atomic E-state index is 0.161. The lowest BCUT2D eigenvalue weighted by Gasteiger charge is -2.22. The van der Waals surface area contributed by atoms with Crippen molar-refractivity contribution in [2.45, 2.75) is 6.54 Å². The van der Waals surface area contributed by atoms with Gasteiger partial charge in [0.15, 0.2) is 0 Å². The van der Waals surface area contributed by atoms with Gasteiger partial charge in [-0.15, -0.1) is 6.58 Å². The van der Waals surface area contributed by atoms with Crippen molar-refractivity contribution in [3.63, 3.8) is 0 Å². The molecule has 0 aliphatic carbocycles. The van der Waals surface area contributed by atoms with Crippen LogP contribution in [0.4, 0.5) is 0 Å². The molecule has 2 aromatic rings. The maximum absolute atomic E-state index is 12.6. The Labute approximate surface area is 134 Å². The number of carbonyl (C=O) groups is 1. The first-order valence-electron chi connectivity index (χ1n) is 6.51. The molecule has 2 nitrogen and oxygen atoms in total. The van der Waals surface area contributed by atoms with Gasteiger partial charge >= 0.3 is 0 Å². The fourth-order valence-corrected chi connectivity index (χ4v) is 2.40. The van der Waals surface area contributed by atoms with E-state index >= 15 is 0 Å². The van der Waals surface area contributed by atoms with E-state index in [2.05, 4.69) is 6.58 Å². The summed E-state index contributed by atoms with van der Waals surface area (Å²) in [5.41, 5.74) is 1.45. The van der Waals surface area contributed by atoms with Gasteiger partial charge in [0.1, 0.15) is 0 Å². The molecule has 0 saturated carbocycles. The molecule has 2 aromatic carbocycles. The lowest BCUT2D eigenvalue weighted by molar-refractivity contribution is 0.0763. The lowest BCUT2D eigenvalue weighted by atomic mass is 10.1. The Hall–Kier alpha value is -1.77. The highest BCUT2D eigenvalue weighted by Crippen LogP contribution is 2.26. The van der Waals surface area contributed by atoms with Crippen molar-refractivity contribution in [3.05, 3.63) is 82.4 Å². The third-order valence-corrected chi connectivity index (χ3v) is 3.85. The van der Waals surface area contributed by atoms with E-state index in [-0.39, 0.29) is 10.9 Å². The summed E-state index contributed by atoms with van der Waals surface area (Å²) in [6.07, 6.45) is 1.69.